The minimum Gasteiger partial charge on any atom is -0.493 e. The molecule has 1 aromatic carbocycles. The number of nitrogens with zero attached hydrogens (tertiary/aromatic N) is 2. The number of ether oxygens (including phenoxy) is 2. The van der Waals surface area contributed by atoms with Crippen LogP contribution < -0.4 is 9.47 Å². The second kappa shape index (κ2) is 5.30. The Morgan fingerprint density at radius 2 is 1.76 bits per heavy atom. The van der Waals surface area contributed by atoms with E-state index < -0.39 is 0 Å². The van der Waals surface area contributed by atoms with Crippen LogP contribution in [0.3, 0.4) is 0 Å². The van der Waals surface area contributed by atoms with Gasteiger partial charge in [0.2, 0.25) is 0 Å². The monoisotopic (exact) mass is 302 g/mol. The molecule has 0 spiro atoms. The molecule has 0 amide bonds. The molecule has 0 bridgehead atoms. The van der Waals surface area contributed by atoms with Gasteiger partial charge in [-0.3, -0.25) is 0 Å². The third kappa shape index (κ3) is 2.32. The van der Waals surface area contributed by atoms with Gasteiger partial charge in [-0.15, -0.1) is 0 Å². The molecule has 0 saturated heterocycles. The Morgan fingerprint density at radius 1 is 1.00 bits per heavy atom. The Morgan fingerprint density at radius 3 is 2.48 bits per heavy atom. The number of rotatable bonds is 3. The summed E-state index contributed by atoms with van der Waals surface area (Å²) in [6, 6.07) is 11.7. The van der Waals surface area contributed by atoms with Crippen LogP contribution in [0.25, 0.3) is 22.3 Å². The molecule has 108 valence electrons. The fourth-order valence-electron chi connectivity index (χ4n) is 2.45. The fourth-order valence-corrected chi connectivity index (χ4v) is 2.59. The number of pyridine rings is 1. The van der Waals surface area contributed by atoms with Crippen molar-refractivity contribution in [2.45, 2.75) is 0 Å². The van der Waals surface area contributed by atoms with Gasteiger partial charge in [-0.05, 0) is 36.4 Å². The number of aryl methyl sites for hydroxylation is 1. The second-order valence-corrected chi connectivity index (χ2v) is 5.09. The van der Waals surface area contributed by atoms with Gasteiger partial charge in [0.1, 0.15) is 10.8 Å². The summed E-state index contributed by atoms with van der Waals surface area (Å²) in [5.74, 6) is 1.41. The van der Waals surface area contributed by atoms with Crippen molar-refractivity contribution in [3.63, 3.8) is 0 Å². The van der Waals surface area contributed by atoms with Gasteiger partial charge in [0.15, 0.2) is 11.5 Å². The predicted molar refractivity (Wildman–Crippen MR) is 84.3 cm³/mol. The van der Waals surface area contributed by atoms with Gasteiger partial charge in [-0.2, -0.15) is 0 Å². The van der Waals surface area contributed by atoms with Gasteiger partial charge < -0.3 is 14.0 Å². The lowest BCUT2D eigenvalue weighted by Gasteiger charge is -2.10. The van der Waals surface area contributed by atoms with Crippen molar-refractivity contribution in [1.29, 1.82) is 0 Å². The number of aromatic nitrogens is 2. The predicted octanol–water partition coefficient (Wildman–Crippen LogP) is 3.91. The molecule has 3 aromatic rings. The summed E-state index contributed by atoms with van der Waals surface area (Å²) < 4.78 is 12.6. The van der Waals surface area contributed by atoms with Crippen molar-refractivity contribution < 1.29 is 9.47 Å². The molecule has 4 nitrogen and oxygen atoms in total. The third-order valence-electron chi connectivity index (χ3n) is 3.52. The number of halogens is 1. The van der Waals surface area contributed by atoms with E-state index in [1.54, 1.807) is 20.3 Å². The first-order chi connectivity index (χ1) is 10.1. The zero-order chi connectivity index (χ0) is 15.0. The molecule has 0 fully saturated rings. The van der Waals surface area contributed by atoms with Crippen LogP contribution in [0.15, 0.2) is 36.4 Å². The van der Waals surface area contributed by atoms with Gasteiger partial charge in [-0.25, -0.2) is 4.98 Å². The lowest BCUT2D eigenvalue weighted by molar-refractivity contribution is 0.355. The van der Waals surface area contributed by atoms with E-state index in [1.165, 1.54) is 0 Å². The topological polar surface area (TPSA) is 36.3 Å². The number of hydrogen-bond acceptors (Lipinski definition) is 3. The largest absolute Gasteiger partial charge is 0.493 e. The van der Waals surface area contributed by atoms with Crippen LogP contribution in [0, 0.1) is 0 Å². The lowest BCUT2D eigenvalue weighted by atomic mass is 10.1. The summed E-state index contributed by atoms with van der Waals surface area (Å²) in [5.41, 5.74) is 2.93. The normalized spacial score (nSPS) is 10.9. The van der Waals surface area contributed by atoms with Crippen molar-refractivity contribution in [2.24, 2.45) is 7.05 Å². The summed E-state index contributed by atoms with van der Waals surface area (Å²) >= 11 is 5.97. The standard InChI is InChI=1S/C16H15ClN2O2/c1-19-12(8-11-5-7-15(17)18-16(11)19)10-4-6-13(20-2)14(9-10)21-3/h4-9H,1-3H3. The van der Waals surface area contributed by atoms with E-state index in [4.69, 9.17) is 21.1 Å². The molecule has 0 saturated carbocycles. The highest BCUT2D eigenvalue weighted by molar-refractivity contribution is 6.29. The highest BCUT2D eigenvalue weighted by Crippen LogP contribution is 2.34. The molecular weight excluding hydrogens is 288 g/mol. The van der Waals surface area contributed by atoms with Crippen LogP contribution in [0.5, 0.6) is 11.5 Å². The molecule has 2 heterocycles. The van der Waals surface area contributed by atoms with E-state index in [-0.39, 0.29) is 0 Å². The minimum absolute atomic E-state index is 0.488. The fraction of sp³-hybridized carbons (Fsp3) is 0.188. The average molecular weight is 303 g/mol. The van der Waals surface area contributed by atoms with E-state index in [9.17, 15) is 0 Å². The average Bonchev–Trinajstić information content (AvgIpc) is 2.83. The second-order valence-electron chi connectivity index (χ2n) is 4.71. The highest BCUT2D eigenvalue weighted by atomic mass is 35.5. The molecule has 0 aliphatic heterocycles. The Labute approximate surface area is 127 Å². The molecular formula is C16H15ClN2O2. The van der Waals surface area contributed by atoms with Gasteiger partial charge >= 0.3 is 0 Å². The van der Waals surface area contributed by atoms with Crippen molar-refractivity contribution in [1.82, 2.24) is 9.55 Å². The van der Waals surface area contributed by atoms with E-state index in [2.05, 4.69) is 11.1 Å². The molecule has 0 aliphatic carbocycles. The van der Waals surface area contributed by atoms with Gasteiger partial charge in [0.25, 0.3) is 0 Å². The molecule has 0 atom stereocenters. The summed E-state index contributed by atoms with van der Waals surface area (Å²) in [6.07, 6.45) is 0. The molecule has 0 radical (unpaired) electrons. The number of methoxy groups -OCH3 is 2. The maximum absolute atomic E-state index is 5.97. The zero-order valence-corrected chi connectivity index (χ0v) is 12.8. The first-order valence-electron chi connectivity index (χ1n) is 6.48. The number of hydrogen-bond donors (Lipinski definition) is 0. The number of benzene rings is 1. The molecule has 0 N–H and O–H groups in total. The van der Waals surface area contributed by atoms with Crippen LogP contribution in [-0.4, -0.2) is 23.8 Å². The quantitative estimate of drug-likeness (QED) is 0.688. The Balaban J connectivity index is 2.18. The van der Waals surface area contributed by atoms with Crippen LogP contribution in [0.1, 0.15) is 0 Å². The van der Waals surface area contributed by atoms with E-state index >= 15 is 0 Å². The minimum atomic E-state index is 0.488. The lowest BCUT2D eigenvalue weighted by Crippen LogP contribution is -1.95. The zero-order valence-electron chi connectivity index (χ0n) is 12.1. The van der Waals surface area contributed by atoms with Crippen molar-refractivity contribution in [2.75, 3.05) is 14.2 Å². The summed E-state index contributed by atoms with van der Waals surface area (Å²) in [4.78, 5) is 4.37. The van der Waals surface area contributed by atoms with Crippen LogP contribution in [0.4, 0.5) is 0 Å². The molecule has 3 rings (SSSR count). The molecule has 0 aliphatic rings. The SMILES string of the molecule is COc1ccc(-c2cc3ccc(Cl)nc3n2C)cc1OC. The van der Waals surface area contributed by atoms with Crippen LogP contribution >= 0.6 is 11.6 Å². The highest BCUT2D eigenvalue weighted by Gasteiger charge is 2.12. The molecule has 5 heteroatoms. The first-order valence-corrected chi connectivity index (χ1v) is 6.86. The van der Waals surface area contributed by atoms with E-state index in [1.807, 2.05) is 35.9 Å². The Hall–Kier alpha value is -2.20. The van der Waals surface area contributed by atoms with Crippen LogP contribution in [-0.2, 0) is 7.05 Å². The molecule has 21 heavy (non-hydrogen) atoms. The van der Waals surface area contributed by atoms with E-state index in [0.717, 1.165) is 22.3 Å². The van der Waals surface area contributed by atoms with E-state index in [0.29, 0.717) is 16.7 Å². The Kier molecular flexibility index (Phi) is 3.47. The maximum Gasteiger partial charge on any atom is 0.161 e. The van der Waals surface area contributed by atoms with Gasteiger partial charge in [0, 0.05) is 18.0 Å². The van der Waals surface area contributed by atoms with Gasteiger partial charge in [0.05, 0.1) is 19.9 Å². The van der Waals surface area contributed by atoms with Crippen molar-refractivity contribution in [3.8, 4) is 22.8 Å². The summed E-state index contributed by atoms with van der Waals surface area (Å²) in [5, 5.41) is 1.54. The first kappa shape index (κ1) is 13.8. The van der Waals surface area contributed by atoms with Crippen molar-refractivity contribution in [3.05, 3.63) is 41.6 Å². The number of fused-ring (bicyclic) bond motifs is 1. The Bertz CT molecular complexity index is 811. The third-order valence-corrected chi connectivity index (χ3v) is 3.73. The van der Waals surface area contributed by atoms with Gasteiger partial charge in [-0.1, -0.05) is 11.6 Å². The summed E-state index contributed by atoms with van der Waals surface area (Å²) in [7, 11) is 5.22. The van der Waals surface area contributed by atoms with Crippen molar-refractivity contribution >= 4 is 22.6 Å². The molecule has 0 unspecified atom stereocenters. The summed E-state index contributed by atoms with van der Waals surface area (Å²) in [6.45, 7) is 0. The van der Waals surface area contributed by atoms with Crippen LogP contribution in [0.2, 0.25) is 5.15 Å². The maximum atomic E-state index is 5.97. The smallest absolute Gasteiger partial charge is 0.161 e. The molecule has 2 aromatic heterocycles.